The number of aromatic nitrogens is 2. The number of fused-ring (bicyclic) bond motifs is 1. The minimum absolute atomic E-state index is 0.249. The van der Waals surface area contributed by atoms with Gasteiger partial charge < -0.3 is 10.3 Å². The average molecular weight is 241 g/mol. The van der Waals surface area contributed by atoms with Gasteiger partial charge in [0.25, 0.3) is 5.91 Å². The molecule has 90 valence electrons. The molecule has 2 aromatic rings. The number of hydrogen-bond donors (Lipinski definition) is 1. The molecule has 0 saturated carbocycles. The molecule has 0 bridgehead atoms. The van der Waals surface area contributed by atoms with Crippen LogP contribution in [0.25, 0.3) is 5.69 Å². The Bertz CT molecular complexity index is 617. The van der Waals surface area contributed by atoms with Gasteiger partial charge in [0.1, 0.15) is 6.04 Å². The first-order valence-corrected chi connectivity index (χ1v) is 5.57. The van der Waals surface area contributed by atoms with E-state index in [0.29, 0.717) is 12.1 Å². The summed E-state index contributed by atoms with van der Waals surface area (Å²) in [5.41, 5.74) is 7.97. The molecule has 1 aliphatic heterocycles. The summed E-state index contributed by atoms with van der Waals surface area (Å²) in [6.07, 6.45) is 5.24. The van der Waals surface area contributed by atoms with Crippen LogP contribution in [0.5, 0.6) is 0 Å². The van der Waals surface area contributed by atoms with E-state index in [9.17, 15) is 4.79 Å². The van der Waals surface area contributed by atoms with Crippen molar-refractivity contribution in [2.75, 3.05) is 6.54 Å². The number of amides is 1. The number of hydrogen-bond acceptors (Lipinski definition) is 4. The summed E-state index contributed by atoms with van der Waals surface area (Å²) in [6, 6.07) is 5.27. The van der Waals surface area contributed by atoms with E-state index in [4.69, 9.17) is 5.73 Å². The molecule has 1 atom stereocenters. The predicted molar refractivity (Wildman–Crippen MR) is 64.5 cm³/mol. The summed E-state index contributed by atoms with van der Waals surface area (Å²) < 4.78 is 1.87. The van der Waals surface area contributed by atoms with E-state index in [1.807, 2.05) is 22.9 Å². The second kappa shape index (κ2) is 4.15. The Morgan fingerprint density at radius 2 is 2.28 bits per heavy atom. The highest BCUT2D eigenvalue weighted by atomic mass is 16.1. The van der Waals surface area contributed by atoms with Crippen molar-refractivity contribution in [2.45, 2.75) is 6.04 Å². The lowest BCUT2D eigenvalue weighted by molar-refractivity contribution is 0.0985. The van der Waals surface area contributed by atoms with Crippen LogP contribution in [-0.4, -0.2) is 22.0 Å². The number of carbonyl (C=O) groups is 1. The number of carbonyl (C=O) groups excluding carboxylic acids is 1. The molecule has 1 unspecified atom stereocenters. The number of rotatable bonds is 2. The van der Waals surface area contributed by atoms with Gasteiger partial charge in [-0.2, -0.15) is 5.11 Å². The molecule has 0 spiro atoms. The first-order chi connectivity index (χ1) is 8.79. The zero-order valence-corrected chi connectivity index (χ0v) is 9.52. The highest BCUT2D eigenvalue weighted by molar-refractivity contribution is 5.97. The Hall–Kier alpha value is -2.34. The molecule has 6 heteroatoms. The zero-order chi connectivity index (χ0) is 12.5. The minimum Gasteiger partial charge on any atom is -0.328 e. The quantitative estimate of drug-likeness (QED) is 0.863. The van der Waals surface area contributed by atoms with Crippen LogP contribution in [0.3, 0.4) is 0 Å². The van der Waals surface area contributed by atoms with Gasteiger partial charge in [-0.15, -0.1) is 5.11 Å². The van der Waals surface area contributed by atoms with Crippen LogP contribution >= 0.6 is 0 Å². The van der Waals surface area contributed by atoms with Crippen molar-refractivity contribution in [3.63, 3.8) is 0 Å². The van der Waals surface area contributed by atoms with Gasteiger partial charge in [-0.05, 0) is 23.8 Å². The lowest BCUT2D eigenvalue weighted by atomic mass is 9.98. The number of benzene rings is 1. The largest absolute Gasteiger partial charge is 0.328 e. The topological polar surface area (TPSA) is 85.6 Å². The predicted octanol–water partition coefficient (Wildman–Crippen LogP) is 1.48. The van der Waals surface area contributed by atoms with Crippen LogP contribution in [0.2, 0.25) is 0 Å². The van der Waals surface area contributed by atoms with Crippen molar-refractivity contribution in [1.82, 2.24) is 9.55 Å². The molecule has 1 aromatic carbocycles. The monoisotopic (exact) mass is 241 g/mol. The first kappa shape index (κ1) is 10.8. The maximum atomic E-state index is 11.6. The van der Waals surface area contributed by atoms with Crippen molar-refractivity contribution in [3.8, 4) is 5.69 Å². The number of azo groups is 1. The molecule has 1 aliphatic rings. The molecule has 2 N–H and O–H groups in total. The summed E-state index contributed by atoms with van der Waals surface area (Å²) in [5.74, 6) is -0.313. The minimum atomic E-state index is -0.313. The zero-order valence-electron chi connectivity index (χ0n) is 9.52. The summed E-state index contributed by atoms with van der Waals surface area (Å²) in [6.45, 7) is 0.331. The Morgan fingerprint density at radius 1 is 1.39 bits per heavy atom. The van der Waals surface area contributed by atoms with Gasteiger partial charge >= 0.3 is 0 Å². The van der Waals surface area contributed by atoms with Crippen LogP contribution in [-0.2, 0) is 0 Å². The maximum absolute atomic E-state index is 11.6. The highest BCUT2D eigenvalue weighted by Gasteiger charge is 2.23. The van der Waals surface area contributed by atoms with Gasteiger partial charge in [0.05, 0.1) is 6.33 Å². The van der Waals surface area contributed by atoms with Crippen LogP contribution in [0, 0.1) is 0 Å². The number of nitrogens with two attached hydrogens (primary N) is 1. The van der Waals surface area contributed by atoms with Crippen LogP contribution in [0.15, 0.2) is 47.1 Å². The van der Waals surface area contributed by atoms with Crippen LogP contribution in [0.4, 0.5) is 0 Å². The van der Waals surface area contributed by atoms with Gasteiger partial charge in [-0.3, -0.25) is 4.79 Å². The number of imidazole rings is 1. The SMILES string of the molecule is NCC1N=NC(=O)c2ccc(-n3ccnc3)cc21. The molecule has 1 amide bonds. The summed E-state index contributed by atoms with van der Waals surface area (Å²) in [7, 11) is 0. The Labute approximate surface area is 103 Å². The third kappa shape index (κ3) is 1.63. The fraction of sp³-hybridized carbons (Fsp3) is 0.167. The Balaban J connectivity index is 2.12. The highest BCUT2D eigenvalue weighted by Crippen LogP contribution is 2.28. The maximum Gasteiger partial charge on any atom is 0.295 e. The smallest absolute Gasteiger partial charge is 0.295 e. The van der Waals surface area contributed by atoms with E-state index in [0.717, 1.165) is 11.3 Å². The van der Waals surface area contributed by atoms with Crippen molar-refractivity contribution < 1.29 is 4.79 Å². The molecule has 6 nitrogen and oxygen atoms in total. The van der Waals surface area contributed by atoms with E-state index in [-0.39, 0.29) is 11.9 Å². The number of nitrogens with zero attached hydrogens (tertiary/aromatic N) is 4. The molecule has 3 rings (SSSR count). The van der Waals surface area contributed by atoms with Crippen LogP contribution in [0.1, 0.15) is 22.0 Å². The lowest BCUT2D eigenvalue weighted by Gasteiger charge is -2.17. The van der Waals surface area contributed by atoms with Crippen molar-refractivity contribution in [3.05, 3.63) is 48.0 Å². The lowest BCUT2D eigenvalue weighted by Crippen LogP contribution is -2.17. The van der Waals surface area contributed by atoms with Crippen LogP contribution < -0.4 is 5.73 Å². The van der Waals surface area contributed by atoms with Gasteiger partial charge in [-0.1, -0.05) is 0 Å². The van der Waals surface area contributed by atoms with Crippen molar-refractivity contribution in [1.29, 1.82) is 0 Å². The second-order valence-corrected chi connectivity index (χ2v) is 4.01. The first-order valence-electron chi connectivity index (χ1n) is 5.57. The fourth-order valence-electron chi connectivity index (χ4n) is 2.01. The van der Waals surface area contributed by atoms with Crippen molar-refractivity contribution in [2.24, 2.45) is 16.0 Å². The standard InChI is InChI=1S/C12H11N5O/c13-6-11-10-5-8(17-4-3-14-7-17)1-2-9(10)12(18)16-15-11/h1-5,7,11H,6,13H2. The molecule has 1 aromatic heterocycles. The third-order valence-electron chi connectivity index (χ3n) is 2.94. The summed E-state index contributed by atoms with van der Waals surface area (Å²) >= 11 is 0. The van der Waals surface area contributed by atoms with Gasteiger partial charge in [0.15, 0.2) is 0 Å². The molecule has 18 heavy (non-hydrogen) atoms. The van der Waals surface area contributed by atoms with E-state index in [2.05, 4.69) is 15.2 Å². The normalized spacial score (nSPS) is 17.8. The van der Waals surface area contributed by atoms with E-state index >= 15 is 0 Å². The van der Waals surface area contributed by atoms with Gasteiger partial charge in [-0.25, -0.2) is 4.98 Å². The van der Waals surface area contributed by atoms with E-state index in [1.54, 1.807) is 18.6 Å². The molecule has 0 fully saturated rings. The molecule has 2 heterocycles. The molecule has 0 radical (unpaired) electrons. The van der Waals surface area contributed by atoms with Gasteiger partial charge in [0, 0.05) is 30.2 Å². The Morgan fingerprint density at radius 3 is 3.00 bits per heavy atom. The molecule has 0 saturated heterocycles. The molecular formula is C12H11N5O. The van der Waals surface area contributed by atoms with E-state index < -0.39 is 0 Å². The van der Waals surface area contributed by atoms with E-state index in [1.165, 1.54) is 0 Å². The summed E-state index contributed by atoms with van der Waals surface area (Å²) in [4.78, 5) is 15.6. The third-order valence-corrected chi connectivity index (χ3v) is 2.94. The second-order valence-electron chi connectivity index (χ2n) is 4.01. The molecular weight excluding hydrogens is 230 g/mol. The van der Waals surface area contributed by atoms with Crippen molar-refractivity contribution >= 4 is 5.91 Å². The average Bonchev–Trinajstić information content (AvgIpc) is 2.93. The molecule has 0 aliphatic carbocycles. The fourth-order valence-corrected chi connectivity index (χ4v) is 2.01. The van der Waals surface area contributed by atoms with Gasteiger partial charge in [0.2, 0.25) is 0 Å². The Kier molecular flexibility index (Phi) is 2.49. The summed E-state index contributed by atoms with van der Waals surface area (Å²) in [5, 5.41) is 7.52.